The molecular weight excluding hydrogens is 282 g/mol. The Morgan fingerprint density at radius 1 is 1.27 bits per heavy atom. The number of carbonyl (C=O) groups excluding carboxylic acids is 2. The highest BCUT2D eigenvalue weighted by atomic mass is 16.5. The smallest absolute Gasteiger partial charge is 0.245 e. The highest BCUT2D eigenvalue weighted by Crippen LogP contribution is 2.31. The summed E-state index contributed by atoms with van der Waals surface area (Å²) in [6, 6.07) is -0.454. The van der Waals surface area contributed by atoms with Gasteiger partial charge in [0.2, 0.25) is 11.8 Å². The first kappa shape index (κ1) is 17.2. The zero-order valence-electron chi connectivity index (χ0n) is 13.7. The lowest BCUT2D eigenvalue weighted by atomic mass is 9.94. The molecule has 6 heteroatoms. The van der Waals surface area contributed by atoms with Crippen molar-refractivity contribution in [2.45, 2.75) is 39.2 Å². The molecule has 22 heavy (non-hydrogen) atoms. The van der Waals surface area contributed by atoms with Gasteiger partial charge in [-0.05, 0) is 31.2 Å². The molecular formula is C16H29N3O3. The van der Waals surface area contributed by atoms with Crippen molar-refractivity contribution >= 4 is 11.8 Å². The fourth-order valence-electron chi connectivity index (χ4n) is 3.42. The third-order valence-electron chi connectivity index (χ3n) is 4.85. The van der Waals surface area contributed by atoms with Crippen molar-refractivity contribution in [1.82, 2.24) is 10.2 Å². The molecule has 0 aromatic rings. The Morgan fingerprint density at radius 2 is 1.95 bits per heavy atom. The molecule has 2 amide bonds. The molecule has 0 spiro atoms. The van der Waals surface area contributed by atoms with Gasteiger partial charge in [-0.1, -0.05) is 20.3 Å². The van der Waals surface area contributed by atoms with E-state index in [0.29, 0.717) is 32.8 Å². The van der Waals surface area contributed by atoms with Crippen molar-refractivity contribution in [3.63, 3.8) is 0 Å². The Hall–Kier alpha value is -1.14. The summed E-state index contributed by atoms with van der Waals surface area (Å²) in [6.07, 6.45) is 2.94. The number of ether oxygens (including phenoxy) is 1. The Kier molecular flexibility index (Phi) is 6.20. The van der Waals surface area contributed by atoms with Gasteiger partial charge in [-0.2, -0.15) is 0 Å². The van der Waals surface area contributed by atoms with Gasteiger partial charge in [0.05, 0.1) is 13.2 Å². The third-order valence-corrected chi connectivity index (χ3v) is 4.85. The van der Waals surface area contributed by atoms with Crippen molar-refractivity contribution in [3.05, 3.63) is 0 Å². The molecule has 1 saturated carbocycles. The van der Waals surface area contributed by atoms with E-state index in [1.807, 2.05) is 13.8 Å². The molecule has 2 fully saturated rings. The molecule has 1 heterocycles. The first-order valence-corrected chi connectivity index (χ1v) is 8.41. The first-order valence-electron chi connectivity index (χ1n) is 8.41. The third kappa shape index (κ3) is 3.98. The van der Waals surface area contributed by atoms with Crippen LogP contribution in [0.1, 0.15) is 33.1 Å². The molecule has 0 radical (unpaired) electrons. The summed E-state index contributed by atoms with van der Waals surface area (Å²) < 4.78 is 5.29. The maximum atomic E-state index is 12.7. The standard InChI is InChI=1S/C16H29N3O3/c1-11(2)14(16(21)19-6-8-22-9-7-19)18-15(20)13-5-3-4-12(13)10-17/h11-14H,3-10,17H2,1-2H3,(H,18,20)/t12-,13-,14?/m1/s1. The number of nitrogens with one attached hydrogen (secondary N) is 1. The fourth-order valence-corrected chi connectivity index (χ4v) is 3.42. The molecule has 0 aromatic carbocycles. The predicted molar refractivity (Wildman–Crippen MR) is 84.1 cm³/mol. The van der Waals surface area contributed by atoms with Gasteiger partial charge in [0.25, 0.3) is 0 Å². The number of hydrogen-bond acceptors (Lipinski definition) is 4. The zero-order valence-corrected chi connectivity index (χ0v) is 13.7. The van der Waals surface area contributed by atoms with E-state index in [1.54, 1.807) is 4.90 Å². The monoisotopic (exact) mass is 311 g/mol. The van der Waals surface area contributed by atoms with Gasteiger partial charge in [-0.3, -0.25) is 9.59 Å². The van der Waals surface area contributed by atoms with E-state index in [0.717, 1.165) is 19.3 Å². The molecule has 6 nitrogen and oxygen atoms in total. The Balaban J connectivity index is 1.98. The Bertz CT molecular complexity index is 394. The maximum Gasteiger partial charge on any atom is 0.245 e. The lowest BCUT2D eigenvalue weighted by Crippen LogP contribution is -2.55. The molecule has 3 atom stereocenters. The topological polar surface area (TPSA) is 84.7 Å². The molecule has 1 saturated heterocycles. The summed E-state index contributed by atoms with van der Waals surface area (Å²) in [6.45, 7) is 6.84. The average Bonchev–Trinajstić information content (AvgIpc) is 3.01. The number of nitrogens with two attached hydrogens (primary N) is 1. The largest absolute Gasteiger partial charge is 0.378 e. The van der Waals surface area contributed by atoms with Crippen LogP contribution in [0.2, 0.25) is 0 Å². The molecule has 0 aromatic heterocycles. The van der Waals surface area contributed by atoms with Crippen LogP contribution in [0.25, 0.3) is 0 Å². The maximum absolute atomic E-state index is 12.7. The lowest BCUT2D eigenvalue weighted by Gasteiger charge is -2.33. The van der Waals surface area contributed by atoms with Crippen LogP contribution in [-0.2, 0) is 14.3 Å². The first-order chi connectivity index (χ1) is 10.5. The van der Waals surface area contributed by atoms with Crippen molar-refractivity contribution in [2.75, 3.05) is 32.8 Å². The van der Waals surface area contributed by atoms with E-state index in [2.05, 4.69) is 5.32 Å². The number of rotatable bonds is 5. The van der Waals surface area contributed by atoms with Gasteiger partial charge in [-0.25, -0.2) is 0 Å². The van der Waals surface area contributed by atoms with Crippen LogP contribution in [0, 0.1) is 17.8 Å². The minimum absolute atomic E-state index is 0.00624. The van der Waals surface area contributed by atoms with Crippen LogP contribution in [0.3, 0.4) is 0 Å². The zero-order chi connectivity index (χ0) is 16.1. The van der Waals surface area contributed by atoms with E-state index in [4.69, 9.17) is 10.5 Å². The number of amides is 2. The predicted octanol–water partition coefficient (Wildman–Crippen LogP) is 0.361. The second kappa shape index (κ2) is 7.92. The number of nitrogens with zero attached hydrogens (tertiary/aromatic N) is 1. The molecule has 1 unspecified atom stereocenters. The molecule has 1 aliphatic carbocycles. The molecule has 2 aliphatic rings. The van der Waals surface area contributed by atoms with Gasteiger partial charge >= 0.3 is 0 Å². The van der Waals surface area contributed by atoms with Crippen molar-refractivity contribution in [1.29, 1.82) is 0 Å². The minimum Gasteiger partial charge on any atom is -0.378 e. The molecule has 126 valence electrons. The summed E-state index contributed by atoms with van der Waals surface area (Å²) in [4.78, 5) is 27.0. The average molecular weight is 311 g/mol. The number of morpholine rings is 1. The summed E-state index contributed by atoms with van der Waals surface area (Å²) >= 11 is 0. The van der Waals surface area contributed by atoms with E-state index >= 15 is 0 Å². The SMILES string of the molecule is CC(C)C(NC(=O)[C@@H]1CCC[C@@H]1CN)C(=O)N1CCOCC1. The molecule has 3 N–H and O–H groups in total. The van der Waals surface area contributed by atoms with Crippen LogP contribution in [0.5, 0.6) is 0 Å². The quantitative estimate of drug-likeness (QED) is 0.768. The van der Waals surface area contributed by atoms with Crippen LogP contribution < -0.4 is 11.1 Å². The van der Waals surface area contributed by atoms with E-state index in [1.165, 1.54) is 0 Å². The number of carbonyl (C=O) groups is 2. The highest BCUT2D eigenvalue weighted by Gasteiger charge is 2.36. The van der Waals surface area contributed by atoms with Crippen LogP contribution in [0.4, 0.5) is 0 Å². The summed E-state index contributed by atoms with van der Waals surface area (Å²) in [5.74, 6) is 0.286. The molecule has 2 rings (SSSR count). The lowest BCUT2D eigenvalue weighted by molar-refractivity contribution is -0.142. The van der Waals surface area contributed by atoms with E-state index < -0.39 is 6.04 Å². The van der Waals surface area contributed by atoms with Crippen molar-refractivity contribution in [3.8, 4) is 0 Å². The molecule has 1 aliphatic heterocycles. The second-order valence-corrected chi connectivity index (χ2v) is 6.70. The van der Waals surface area contributed by atoms with Crippen molar-refractivity contribution < 1.29 is 14.3 Å². The minimum atomic E-state index is -0.454. The van der Waals surface area contributed by atoms with E-state index in [9.17, 15) is 9.59 Å². The normalized spacial score (nSPS) is 27.0. The summed E-state index contributed by atoms with van der Waals surface area (Å²) in [5, 5.41) is 2.99. The van der Waals surface area contributed by atoms with Crippen LogP contribution >= 0.6 is 0 Å². The Labute approximate surface area is 132 Å². The van der Waals surface area contributed by atoms with Gasteiger partial charge in [0.1, 0.15) is 6.04 Å². The fraction of sp³-hybridized carbons (Fsp3) is 0.875. The van der Waals surface area contributed by atoms with Crippen molar-refractivity contribution in [2.24, 2.45) is 23.5 Å². The van der Waals surface area contributed by atoms with Crippen LogP contribution in [-0.4, -0.2) is 55.6 Å². The summed E-state index contributed by atoms with van der Waals surface area (Å²) in [5.41, 5.74) is 5.76. The molecule has 0 bridgehead atoms. The Morgan fingerprint density at radius 3 is 2.55 bits per heavy atom. The van der Waals surface area contributed by atoms with Gasteiger partial charge in [0.15, 0.2) is 0 Å². The number of hydrogen-bond donors (Lipinski definition) is 2. The van der Waals surface area contributed by atoms with Gasteiger partial charge < -0.3 is 20.7 Å². The van der Waals surface area contributed by atoms with Crippen LogP contribution in [0.15, 0.2) is 0 Å². The highest BCUT2D eigenvalue weighted by molar-refractivity contribution is 5.89. The van der Waals surface area contributed by atoms with Gasteiger partial charge in [0, 0.05) is 19.0 Å². The van der Waals surface area contributed by atoms with Gasteiger partial charge in [-0.15, -0.1) is 0 Å². The van der Waals surface area contributed by atoms with E-state index in [-0.39, 0.29) is 29.6 Å². The second-order valence-electron chi connectivity index (χ2n) is 6.70. The summed E-state index contributed by atoms with van der Waals surface area (Å²) in [7, 11) is 0.